The van der Waals surface area contributed by atoms with Gasteiger partial charge in [0.1, 0.15) is 10.6 Å². The van der Waals surface area contributed by atoms with Gasteiger partial charge in [-0.05, 0) is 58.4 Å². The summed E-state index contributed by atoms with van der Waals surface area (Å²) in [7, 11) is 1.42. The van der Waals surface area contributed by atoms with E-state index in [9.17, 15) is 9.59 Å². The number of nitrogens with zero attached hydrogens (tertiary/aromatic N) is 3. The fraction of sp³-hybridized carbons (Fsp3) is 0.0769. The van der Waals surface area contributed by atoms with Gasteiger partial charge in [-0.25, -0.2) is 4.98 Å². The van der Waals surface area contributed by atoms with E-state index in [0.717, 1.165) is 9.86 Å². The van der Waals surface area contributed by atoms with E-state index < -0.39 is 5.97 Å². The van der Waals surface area contributed by atoms with Crippen molar-refractivity contribution in [3.8, 4) is 23.1 Å². The highest BCUT2D eigenvalue weighted by atomic mass is 79.9. The van der Waals surface area contributed by atoms with Crippen LogP contribution in [0.15, 0.2) is 77.9 Å². The molecule has 0 amide bonds. The van der Waals surface area contributed by atoms with Crippen molar-refractivity contribution in [1.82, 2.24) is 9.66 Å². The molecule has 0 atom stereocenters. The Morgan fingerprint density at radius 2 is 1.95 bits per heavy atom. The summed E-state index contributed by atoms with van der Waals surface area (Å²) in [6.45, 7) is 1.26. The summed E-state index contributed by atoms with van der Waals surface area (Å²) in [6.07, 6.45) is 1.43. The SMILES string of the molecule is COc1cc(C=Nn2c(-c3cc4cc(Br)ccc4o3)nc3ccccc3c2=O)c(Br)c(Cl)c1OC(C)=O. The van der Waals surface area contributed by atoms with Crippen LogP contribution in [0.25, 0.3) is 33.5 Å². The van der Waals surface area contributed by atoms with Gasteiger partial charge in [0.05, 0.1) is 24.2 Å². The van der Waals surface area contributed by atoms with Crippen molar-refractivity contribution < 1.29 is 18.7 Å². The molecule has 186 valence electrons. The topological polar surface area (TPSA) is 95.9 Å². The van der Waals surface area contributed by atoms with E-state index in [1.165, 1.54) is 24.9 Å². The van der Waals surface area contributed by atoms with Crippen LogP contribution in [-0.2, 0) is 4.79 Å². The molecule has 2 heterocycles. The summed E-state index contributed by atoms with van der Waals surface area (Å²) in [4.78, 5) is 29.7. The number of esters is 1. The largest absolute Gasteiger partial charge is 0.493 e. The number of carbonyl (C=O) groups is 1. The minimum atomic E-state index is -0.551. The second-order valence-electron chi connectivity index (χ2n) is 7.83. The van der Waals surface area contributed by atoms with E-state index in [0.29, 0.717) is 32.3 Å². The molecule has 0 spiro atoms. The van der Waals surface area contributed by atoms with Crippen LogP contribution in [0, 0.1) is 0 Å². The number of halogens is 3. The Hall–Kier alpha value is -3.47. The first-order chi connectivity index (χ1) is 17.8. The first-order valence-corrected chi connectivity index (χ1v) is 12.7. The molecule has 5 rings (SSSR count). The van der Waals surface area contributed by atoms with Crippen LogP contribution in [-0.4, -0.2) is 29.0 Å². The average Bonchev–Trinajstić information content (AvgIpc) is 3.30. The fourth-order valence-corrected chi connectivity index (χ4v) is 4.74. The van der Waals surface area contributed by atoms with Gasteiger partial charge in [-0.15, -0.1) is 0 Å². The Bertz CT molecular complexity index is 1800. The van der Waals surface area contributed by atoms with Gasteiger partial charge in [0.25, 0.3) is 5.56 Å². The quantitative estimate of drug-likeness (QED) is 0.119. The van der Waals surface area contributed by atoms with Crippen molar-refractivity contribution in [3.05, 3.63) is 84.5 Å². The molecule has 37 heavy (non-hydrogen) atoms. The monoisotopic (exact) mass is 643 g/mol. The zero-order valence-electron chi connectivity index (χ0n) is 19.3. The van der Waals surface area contributed by atoms with Crippen molar-refractivity contribution in [3.63, 3.8) is 0 Å². The molecule has 0 fully saturated rings. The van der Waals surface area contributed by atoms with Gasteiger partial charge in [0.15, 0.2) is 17.3 Å². The Labute approximate surface area is 231 Å². The number of benzene rings is 3. The first-order valence-electron chi connectivity index (χ1n) is 10.8. The number of methoxy groups -OCH3 is 1. The Morgan fingerprint density at radius 3 is 2.70 bits per heavy atom. The van der Waals surface area contributed by atoms with E-state index in [1.54, 1.807) is 36.4 Å². The molecule has 3 aromatic carbocycles. The zero-order chi connectivity index (χ0) is 26.3. The molecule has 0 aliphatic carbocycles. The van der Waals surface area contributed by atoms with Crippen molar-refractivity contribution in [2.75, 3.05) is 7.11 Å². The van der Waals surface area contributed by atoms with Gasteiger partial charge >= 0.3 is 5.97 Å². The lowest BCUT2D eigenvalue weighted by Gasteiger charge is -2.13. The van der Waals surface area contributed by atoms with Gasteiger partial charge < -0.3 is 13.9 Å². The summed E-state index contributed by atoms with van der Waals surface area (Å²) in [5, 5.41) is 5.79. The molecule has 0 aliphatic heterocycles. The fourth-order valence-electron chi connectivity index (χ4n) is 3.72. The third kappa shape index (κ3) is 4.79. The predicted molar refractivity (Wildman–Crippen MR) is 149 cm³/mol. The molecule has 8 nitrogen and oxygen atoms in total. The third-order valence-corrected chi connectivity index (χ3v) is 7.32. The molecule has 0 bridgehead atoms. The van der Waals surface area contributed by atoms with E-state index in [2.05, 4.69) is 41.9 Å². The van der Waals surface area contributed by atoms with Crippen molar-refractivity contribution in [1.29, 1.82) is 0 Å². The maximum atomic E-state index is 13.5. The van der Waals surface area contributed by atoms with Crippen molar-refractivity contribution in [2.24, 2.45) is 5.10 Å². The number of aromatic nitrogens is 2. The van der Waals surface area contributed by atoms with Gasteiger partial charge in [0.2, 0.25) is 5.82 Å². The van der Waals surface area contributed by atoms with E-state index in [1.807, 2.05) is 18.2 Å². The van der Waals surface area contributed by atoms with Gasteiger partial charge in [-0.2, -0.15) is 9.78 Å². The normalized spacial score (nSPS) is 11.5. The molecular weight excluding hydrogens is 630 g/mol. The molecule has 0 radical (unpaired) electrons. The lowest BCUT2D eigenvalue weighted by Crippen LogP contribution is -2.20. The summed E-state index contributed by atoms with van der Waals surface area (Å²) < 4.78 is 19.0. The molecule has 0 saturated carbocycles. The number of furan rings is 1. The Kier molecular flexibility index (Phi) is 6.89. The number of hydrogen-bond donors (Lipinski definition) is 0. The second kappa shape index (κ2) is 10.1. The lowest BCUT2D eigenvalue weighted by molar-refractivity contribution is -0.132. The summed E-state index contributed by atoms with van der Waals surface area (Å²) in [5.74, 6) is 0.326. The predicted octanol–water partition coefficient (Wildman–Crippen LogP) is 6.80. The molecule has 0 N–H and O–H groups in total. The number of rotatable bonds is 5. The molecule has 11 heteroatoms. The average molecular weight is 646 g/mol. The maximum absolute atomic E-state index is 13.5. The third-order valence-electron chi connectivity index (χ3n) is 5.39. The summed E-state index contributed by atoms with van der Waals surface area (Å²) >= 11 is 13.3. The molecule has 5 aromatic rings. The molecule has 2 aromatic heterocycles. The van der Waals surface area contributed by atoms with Crippen LogP contribution in [0.3, 0.4) is 0 Å². The first kappa shape index (κ1) is 25.2. The van der Waals surface area contributed by atoms with Crippen LogP contribution in [0.5, 0.6) is 11.5 Å². The van der Waals surface area contributed by atoms with Gasteiger partial charge in [-0.3, -0.25) is 9.59 Å². The van der Waals surface area contributed by atoms with Crippen LogP contribution < -0.4 is 15.0 Å². The van der Waals surface area contributed by atoms with Crippen LogP contribution >= 0.6 is 43.5 Å². The standard InChI is InChI=1S/C26H16Br2ClN3O5/c1-13(33)36-24-20(35-2)11-15(22(28)23(24)29)12-30-32-25(31-18-6-4-3-5-17(18)26(32)34)21-10-14-9-16(27)7-8-19(14)37-21/h3-12H,1-2H3. The Balaban J connectivity index is 1.70. The minimum absolute atomic E-state index is 0.0688. The summed E-state index contributed by atoms with van der Waals surface area (Å²) in [6, 6.07) is 16.0. The highest BCUT2D eigenvalue weighted by Gasteiger charge is 2.20. The molecule has 0 saturated heterocycles. The van der Waals surface area contributed by atoms with E-state index in [4.69, 9.17) is 25.5 Å². The lowest BCUT2D eigenvalue weighted by atomic mass is 10.2. The van der Waals surface area contributed by atoms with Gasteiger partial charge in [-0.1, -0.05) is 39.7 Å². The minimum Gasteiger partial charge on any atom is -0.493 e. The second-order valence-corrected chi connectivity index (χ2v) is 9.91. The number of ether oxygens (including phenoxy) is 2. The zero-order valence-corrected chi connectivity index (χ0v) is 23.2. The number of fused-ring (bicyclic) bond motifs is 2. The number of para-hydroxylation sites is 1. The maximum Gasteiger partial charge on any atom is 0.308 e. The van der Waals surface area contributed by atoms with Crippen LogP contribution in [0.1, 0.15) is 12.5 Å². The van der Waals surface area contributed by atoms with Crippen molar-refractivity contribution in [2.45, 2.75) is 6.92 Å². The highest BCUT2D eigenvalue weighted by molar-refractivity contribution is 9.10. The molecule has 0 aliphatic rings. The van der Waals surface area contributed by atoms with E-state index in [-0.39, 0.29) is 27.9 Å². The Morgan fingerprint density at radius 1 is 1.16 bits per heavy atom. The van der Waals surface area contributed by atoms with E-state index >= 15 is 0 Å². The molecular formula is C26H16Br2ClN3O5. The van der Waals surface area contributed by atoms with Crippen LogP contribution in [0.2, 0.25) is 5.02 Å². The number of hydrogen-bond acceptors (Lipinski definition) is 7. The van der Waals surface area contributed by atoms with Gasteiger partial charge in [0, 0.05) is 26.8 Å². The summed E-state index contributed by atoms with van der Waals surface area (Å²) in [5.41, 5.74) is 1.23. The molecule has 0 unspecified atom stereocenters. The smallest absolute Gasteiger partial charge is 0.308 e. The van der Waals surface area contributed by atoms with Crippen LogP contribution in [0.4, 0.5) is 0 Å². The highest BCUT2D eigenvalue weighted by Crippen LogP contribution is 2.42. The van der Waals surface area contributed by atoms with Crippen molar-refractivity contribution >= 4 is 77.5 Å². The number of carbonyl (C=O) groups excluding carboxylic acids is 1.